The van der Waals surface area contributed by atoms with E-state index < -0.39 is 80.5 Å². The van der Waals surface area contributed by atoms with E-state index in [1.807, 2.05) is 0 Å². The number of aliphatic hydroxyl groups excluding tert-OH is 6. The Labute approximate surface area is 155 Å². The highest BCUT2D eigenvalue weighted by molar-refractivity contribution is 5.73. The molecule has 2 fully saturated rings. The van der Waals surface area contributed by atoms with Gasteiger partial charge in [0.2, 0.25) is 5.91 Å². The fraction of sp³-hybridized carbons (Fsp3) is 0.933. The molecule has 2 aliphatic rings. The molecule has 0 unspecified atom stereocenters. The van der Waals surface area contributed by atoms with Crippen LogP contribution in [-0.4, -0.2) is 118 Å². The maximum atomic E-state index is 11.4. The Hall–Kier alpha value is -0.930. The summed E-state index contributed by atoms with van der Waals surface area (Å²) in [6.07, 6.45) is -12.4. The van der Waals surface area contributed by atoms with Gasteiger partial charge in [-0.2, -0.15) is 0 Å². The van der Waals surface area contributed by atoms with E-state index in [9.17, 15) is 35.4 Å². The van der Waals surface area contributed by atoms with Crippen molar-refractivity contribution < 1.29 is 54.4 Å². The normalized spacial score (nSPS) is 45.5. The van der Waals surface area contributed by atoms with Crippen molar-refractivity contribution in [2.45, 2.75) is 68.3 Å². The van der Waals surface area contributed by atoms with Gasteiger partial charge in [0.1, 0.15) is 48.8 Å². The molecule has 0 spiro atoms. The van der Waals surface area contributed by atoms with Crippen molar-refractivity contribution in [3.63, 3.8) is 0 Å². The summed E-state index contributed by atoms with van der Waals surface area (Å²) in [6, 6.07) is -1.25. The van der Waals surface area contributed by atoms with Gasteiger partial charge in [-0.1, -0.05) is 0 Å². The van der Waals surface area contributed by atoms with Gasteiger partial charge in [0.25, 0.3) is 0 Å². The van der Waals surface area contributed by atoms with Crippen LogP contribution in [0, 0.1) is 0 Å². The maximum absolute atomic E-state index is 11.4. The van der Waals surface area contributed by atoms with E-state index in [4.69, 9.17) is 18.9 Å². The topological polar surface area (TPSA) is 187 Å². The van der Waals surface area contributed by atoms with E-state index in [0.29, 0.717) is 0 Å². The zero-order chi connectivity index (χ0) is 20.3. The highest BCUT2D eigenvalue weighted by Gasteiger charge is 2.51. The number of aliphatic hydroxyl groups is 6. The zero-order valence-corrected chi connectivity index (χ0v) is 14.9. The number of carbonyl (C=O) groups excluding carboxylic acids is 1. The highest BCUT2D eigenvalue weighted by atomic mass is 16.7. The first-order valence-electron chi connectivity index (χ1n) is 8.45. The lowest BCUT2D eigenvalue weighted by atomic mass is 9.95. The van der Waals surface area contributed by atoms with E-state index in [0.717, 1.165) is 0 Å². The Morgan fingerprint density at radius 2 is 1.52 bits per heavy atom. The molecule has 7 N–H and O–H groups in total. The predicted octanol–water partition coefficient (Wildman–Crippen LogP) is -4.60. The molecule has 0 aliphatic carbocycles. The third kappa shape index (κ3) is 4.74. The van der Waals surface area contributed by atoms with Crippen LogP contribution in [0.25, 0.3) is 0 Å². The number of hydrogen-bond acceptors (Lipinski definition) is 11. The maximum Gasteiger partial charge on any atom is 0.217 e. The molecule has 158 valence electrons. The highest BCUT2D eigenvalue weighted by Crippen LogP contribution is 2.29. The standard InChI is InChI=1S/C15H27NO11/c1-5(19)16-8-10(21)9(20)6(3-17)25-14(8)27-13-7(4-18)26-15(24-2)12(23)11(13)22/h6-15,17-18,20-23H,3-4H2,1-2H3,(H,16,19)/t6-,7-,8-,9-,10-,11-,12-,13-,14+,15-/m1/s1. The van der Waals surface area contributed by atoms with Gasteiger partial charge in [0.15, 0.2) is 12.6 Å². The second-order valence-electron chi connectivity index (χ2n) is 6.48. The fourth-order valence-corrected chi connectivity index (χ4v) is 3.16. The summed E-state index contributed by atoms with van der Waals surface area (Å²) in [6.45, 7) is -0.0663. The molecule has 2 rings (SSSR count). The SMILES string of the molecule is CO[C@@H]1O[C@H](CO)[C@@H](O[C@@H]2O[C@H](CO)[C@@H](O)[C@H](O)[C@H]2NC(C)=O)[C@H](O)[C@H]1O. The number of nitrogens with one attached hydrogen (secondary N) is 1. The van der Waals surface area contributed by atoms with Crippen molar-refractivity contribution >= 4 is 5.91 Å². The molecule has 12 nitrogen and oxygen atoms in total. The minimum Gasteiger partial charge on any atom is -0.394 e. The van der Waals surface area contributed by atoms with Gasteiger partial charge >= 0.3 is 0 Å². The number of carbonyl (C=O) groups is 1. The van der Waals surface area contributed by atoms with Crippen molar-refractivity contribution in [2.75, 3.05) is 20.3 Å². The Kier molecular flexibility index (Phi) is 7.88. The summed E-state index contributed by atoms with van der Waals surface area (Å²) in [5, 5.41) is 61.8. The summed E-state index contributed by atoms with van der Waals surface area (Å²) in [5.41, 5.74) is 0. The number of ether oxygens (including phenoxy) is 4. The van der Waals surface area contributed by atoms with E-state index in [-0.39, 0.29) is 0 Å². The largest absolute Gasteiger partial charge is 0.394 e. The van der Waals surface area contributed by atoms with Crippen LogP contribution >= 0.6 is 0 Å². The molecule has 0 bridgehead atoms. The lowest BCUT2D eigenvalue weighted by Gasteiger charge is -2.46. The molecule has 2 heterocycles. The summed E-state index contributed by atoms with van der Waals surface area (Å²) in [4.78, 5) is 11.4. The lowest BCUT2D eigenvalue weighted by molar-refractivity contribution is -0.344. The third-order valence-corrected chi connectivity index (χ3v) is 4.59. The van der Waals surface area contributed by atoms with Crippen molar-refractivity contribution in [1.29, 1.82) is 0 Å². The van der Waals surface area contributed by atoms with E-state index >= 15 is 0 Å². The van der Waals surface area contributed by atoms with Crippen molar-refractivity contribution in [1.82, 2.24) is 5.32 Å². The summed E-state index contributed by atoms with van der Waals surface area (Å²) >= 11 is 0. The Morgan fingerprint density at radius 1 is 0.926 bits per heavy atom. The Balaban J connectivity index is 2.22. The molecule has 10 atom stereocenters. The molecule has 2 aliphatic heterocycles. The first-order valence-corrected chi connectivity index (χ1v) is 8.45. The predicted molar refractivity (Wildman–Crippen MR) is 85.0 cm³/mol. The quantitative estimate of drug-likeness (QED) is 0.228. The van der Waals surface area contributed by atoms with Crippen molar-refractivity contribution in [3.8, 4) is 0 Å². The number of hydrogen-bond donors (Lipinski definition) is 7. The molecule has 1 amide bonds. The van der Waals surface area contributed by atoms with Gasteiger partial charge in [0, 0.05) is 14.0 Å². The minimum atomic E-state index is -1.56. The number of amides is 1. The molecule has 0 aromatic carbocycles. The van der Waals surface area contributed by atoms with Crippen LogP contribution in [0.5, 0.6) is 0 Å². The van der Waals surface area contributed by atoms with Crippen LogP contribution < -0.4 is 5.32 Å². The molecule has 27 heavy (non-hydrogen) atoms. The molecule has 0 radical (unpaired) electrons. The first kappa shape index (κ1) is 22.4. The lowest BCUT2D eigenvalue weighted by Crippen LogP contribution is -2.67. The van der Waals surface area contributed by atoms with Gasteiger partial charge in [-0.3, -0.25) is 4.79 Å². The van der Waals surface area contributed by atoms with Crippen LogP contribution in [0.15, 0.2) is 0 Å². The van der Waals surface area contributed by atoms with Crippen LogP contribution in [0.2, 0.25) is 0 Å². The van der Waals surface area contributed by atoms with Crippen LogP contribution in [0.3, 0.4) is 0 Å². The summed E-state index contributed by atoms with van der Waals surface area (Å²) < 4.78 is 21.2. The molecule has 0 aromatic heterocycles. The van der Waals surface area contributed by atoms with Crippen LogP contribution in [-0.2, 0) is 23.7 Å². The Bertz CT molecular complexity index is 492. The molecular weight excluding hydrogens is 370 g/mol. The minimum absolute atomic E-state index is 0.551. The third-order valence-electron chi connectivity index (χ3n) is 4.59. The van der Waals surface area contributed by atoms with Gasteiger partial charge in [-0.25, -0.2) is 0 Å². The van der Waals surface area contributed by atoms with Gasteiger partial charge < -0.3 is 54.9 Å². The Morgan fingerprint density at radius 3 is 2.04 bits per heavy atom. The average Bonchev–Trinajstić information content (AvgIpc) is 2.64. The molecule has 2 saturated heterocycles. The van der Waals surface area contributed by atoms with E-state index in [1.54, 1.807) is 0 Å². The van der Waals surface area contributed by atoms with Crippen molar-refractivity contribution in [3.05, 3.63) is 0 Å². The summed E-state index contributed by atoms with van der Waals surface area (Å²) in [7, 11) is 1.25. The van der Waals surface area contributed by atoms with Gasteiger partial charge in [-0.05, 0) is 0 Å². The monoisotopic (exact) mass is 397 g/mol. The molecule has 0 saturated carbocycles. The van der Waals surface area contributed by atoms with Crippen molar-refractivity contribution in [2.24, 2.45) is 0 Å². The fourth-order valence-electron chi connectivity index (χ4n) is 3.16. The van der Waals surface area contributed by atoms with Crippen LogP contribution in [0.1, 0.15) is 6.92 Å². The van der Waals surface area contributed by atoms with Gasteiger partial charge in [-0.15, -0.1) is 0 Å². The molecule has 0 aromatic rings. The van der Waals surface area contributed by atoms with Crippen LogP contribution in [0.4, 0.5) is 0 Å². The second kappa shape index (κ2) is 9.52. The smallest absolute Gasteiger partial charge is 0.217 e. The van der Waals surface area contributed by atoms with Gasteiger partial charge in [0.05, 0.1) is 13.2 Å². The second-order valence-corrected chi connectivity index (χ2v) is 6.48. The zero-order valence-electron chi connectivity index (χ0n) is 14.9. The number of rotatable bonds is 6. The molecule has 12 heteroatoms. The molecular formula is C15H27NO11. The van der Waals surface area contributed by atoms with E-state index in [1.165, 1.54) is 14.0 Å². The average molecular weight is 397 g/mol. The number of methoxy groups -OCH3 is 1. The van der Waals surface area contributed by atoms with E-state index in [2.05, 4.69) is 5.32 Å². The first-order chi connectivity index (χ1) is 12.7. The summed E-state index contributed by atoms with van der Waals surface area (Å²) in [5.74, 6) is -0.551.